The maximum Gasteiger partial charge on any atom is 0.387 e. The monoisotopic (exact) mass is 283 g/mol. The summed E-state index contributed by atoms with van der Waals surface area (Å²) < 4.78 is 34.3. The third kappa shape index (κ3) is 1.78. The molecule has 1 aromatic carbocycles. The molecule has 0 aliphatic carbocycles. The van der Waals surface area contributed by atoms with Crippen molar-refractivity contribution in [3.8, 4) is 5.75 Å². The van der Waals surface area contributed by atoms with Gasteiger partial charge in [0.25, 0.3) is 0 Å². The lowest BCUT2D eigenvalue weighted by molar-refractivity contribution is -0.141. The molecular weight excluding hydrogens is 268 g/mol. The number of carbonyl (C=O) groups excluding carboxylic acids is 1. The first-order chi connectivity index (χ1) is 9.35. The fourth-order valence-electron chi connectivity index (χ4n) is 2.73. The van der Waals surface area contributed by atoms with Gasteiger partial charge in [-0.3, -0.25) is 4.79 Å². The minimum absolute atomic E-state index is 0.0666. The molecule has 20 heavy (non-hydrogen) atoms. The largest absolute Gasteiger partial charge is 0.435 e. The molecule has 1 N–H and O–H groups in total. The molecule has 108 valence electrons. The van der Waals surface area contributed by atoms with E-state index < -0.39 is 17.6 Å². The molecule has 2 aliphatic rings. The van der Waals surface area contributed by atoms with Crippen molar-refractivity contribution in [2.75, 3.05) is 13.2 Å². The summed E-state index contributed by atoms with van der Waals surface area (Å²) in [7, 11) is 0. The maximum atomic E-state index is 12.3. The van der Waals surface area contributed by atoms with Crippen LogP contribution in [0.15, 0.2) is 18.2 Å². The number of ether oxygens (including phenoxy) is 2. The molecule has 0 atom stereocenters. The van der Waals surface area contributed by atoms with Crippen LogP contribution in [0.2, 0.25) is 0 Å². The number of hydrogen-bond acceptors (Lipinski definition) is 3. The van der Waals surface area contributed by atoms with Crippen LogP contribution in [0.3, 0.4) is 0 Å². The molecule has 0 bridgehead atoms. The second-order valence-electron chi connectivity index (χ2n) is 5.74. The molecule has 1 spiro atoms. The van der Waals surface area contributed by atoms with E-state index in [2.05, 4.69) is 10.1 Å². The van der Waals surface area contributed by atoms with Gasteiger partial charge in [-0.1, -0.05) is 6.07 Å². The first kappa shape index (κ1) is 13.3. The van der Waals surface area contributed by atoms with Crippen LogP contribution in [0.5, 0.6) is 5.75 Å². The second kappa shape index (κ2) is 4.15. The lowest BCUT2D eigenvalue weighted by atomic mass is 9.70. The molecule has 1 aromatic rings. The molecule has 1 saturated heterocycles. The Morgan fingerprint density at radius 1 is 1.30 bits per heavy atom. The molecular formula is C14H15F2NO3. The van der Waals surface area contributed by atoms with Crippen LogP contribution in [0.1, 0.15) is 25.0 Å². The van der Waals surface area contributed by atoms with E-state index in [-0.39, 0.29) is 11.7 Å². The molecule has 4 nitrogen and oxygen atoms in total. The zero-order chi connectivity index (χ0) is 14.5. The molecule has 0 unspecified atom stereocenters. The van der Waals surface area contributed by atoms with Gasteiger partial charge in [0.15, 0.2) is 0 Å². The third-order valence-electron chi connectivity index (χ3n) is 4.02. The Morgan fingerprint density at radius 3 is 2.55 bits per heavy atom. The zero-order valence-electron chi connectivity index (χ0n) is 11.2. The highest BCUT2D eigenvalue weighted by Crippen LogP contribution is 2.43. The second-order valence-corrected chi connectivity index (χ2v) is 5.74. The molecule has 1 amide bonds. The van der Waals surface area contributed by atoms with Gasteiger partial charge in [-0.15, -0.1) is 0 Å². The first-order valence-corrected chi connectivity index (χ1v) is 6.35. The van der Waals surface area contributed by atoms with E-state index in [1.165, 1.54) is 12.1 Å². The predicted octanol–water partition coefficient (Wildman–Crippen LogP) is 1.92. The summed E-state index contributed by atoms with van der Waals surface area (Å²) in [4.78, 5) is 12.3. The van der Waals surface area contributed by atoms with Crippen molar-refractivity contribution in [3.05, 3.63) is 29.3 Å². The Labute approximate surface area is 115 Å². The lowest BCUT2D eigenvalue weighted by Crippen LogP contribution is -2.65. The summed E-state index contributed by atoms with van der Waals surface area (Å²) in [5.41, 5.74) is 0.306. The van der Waals surface area contributed by atoms with Gasteiger partial charge < -0.3 is 14.8 Å². The number of hydrogen-bond donors (Lipinski definition) is 1. The highest BCUT2D eigenvalue weighted by atomic mass is 19.3. The summed E-state index contributed by atoms with van der Waals surface area (Å²) in [5.74, 6) is -0.0700. The Hall–Kier alpha value is -1.69. The number of rotatable bonds is 2. The van der Waals surface area contributed by atoms with Crippen molar-refractivity contribution in [3.63, 3.8) is 0 Å². The van der Waals surface area contributed by atoms with Crippen molar-refractivity contribution in [1.29, 1.82) is 0 Å². The Kier molecular flexibility index (Phi) is 2.76. The number of carbonyl (C=O) groups is 1. The molecule has 1 fully saturated rings. The summed E-state index contributed by atoms with van der Waals surface area (Å²) >= 11 is 0. The SMILES string of the molecule is CC1(C)C(=O)NC2(COC2)c2ccc(OC(F)F)cc21. The fraction of sp³-hybridized carbons (Fsp3) is 0.500. The topological polar surface area (TPSA) is 47.6 Å². The summed E-state index contributed by atoms with van der Waals surface area (Å²) in [6, 6.07) is 4.76. The minimum atomic E-state index is -2.88. The van der Waals surface area contributed by atoms with Crippen LogP contribution in [0.4, 0.5) is 8.78 Å². The van der Waals surface area contributed by atoms with Gasteiger partial charge in [0.1, 0.15) is 11.3 Å². The van der Waals surface area contributed by atoms with Gasteiger partial charge in [0, 0.05) is 0 Å². The van der Waals surface area contributed by atoms with E-state index in [0.717, 1.165) is 5.56 Å². The van der Waals surface area contributed by atoms with E-state index in [1.807, 2.05) is 0 Å². The predicted molar refractivity (Wildman–Crippen MR) is 66.7 cm³/mol. The van der Waals surface area contributed by atoms with Crippen molar-refractivity contribution in [2.45, 2.75) is 31.4 Å². The van der Waals surface area contributed by atoms with Gasteiger partial charge in [-0.25, -0.2) is 0 Å². The van der Waals surface area contributed by atoms with Gasteiger partial charge in [-0.05, 0) is 37.1 Å². The Morgan fingerprint density at radius 2 is 2.00 bits per heavy atom. The van der Waals surface area contributed by atoms with Crippen molar-refractivity contribution < 1.29 is 23.0 Å². The number of fused-ring (bicyclic) bond motifs is 2. The maximum absolute atomic E-state index is 12.3. The molecule has 0 aromatic heterocycles. The van der Waals surface area contributed by atoms with Gasteiger partial charge in [-0.2, -0.15) is 8.78 Å². The lowest BCUT2D eigenvalue weighted by Gasteiger charge is -2.49. The first-order valence-electron chi connectivity index (χ1n) is 6.35. The number of benzene rings is 1. The molecule has 3 rings (SSSR count). The van der Waals surface area contributed by atoms with Gasteiger partial charge in [0.2, 0.25) is 5.91 Å². The normalized spacial score (nSPS) is 22.1. The summed E-state index contributed by atoms with van der Waals surface area (Å²) in [5, 5.41) is 2.98. The standard InChI is InChI=1S/C14H15F2NO3/c1-13(2)10-5-8(20-12(15)16)3-4-9(10)14(6-19-7-14)17-11(13)18/h3-5,12H,6-7H2,1-2H3,(H,17,18). The fourth-order valence-corrected chi connectivity index (χ4v) is 2.73. The van der Waals surface area contributed by atoms with Crippen molar-refractivity contribution >= 4 is 5.91 Å². The van der Waals surface area contributed by atoms with E-state index >= 15 is 0 Å². The molecule has 0 radical (unpaired) electrons. The minimum Gasteiger partial charge on any atom is -0.435 e. The van der Waals surface area contributed by atoms with Crippen LogP contribution in [-0.2, 0) is 20.5 Å². The molecule has 2 heterocycles. The quantitative estimate of drug-likeness (QED) is 0.902. The highest BCUT2D eigenvalue weighted by molar-refractivity contribution is 5.91. The van der Waals surface area contributed by atoms with E-state index in [9.17, 15) is 13.6 Å². The third-order valence-corrected chi connectivity index (χ3v) is 4.02. The number of amides is 1. The van der Waals surface area contributed by atoms with Crippen molar-refractivity contribution in [1.82, 2.24) is 5.32 Å². The Bertz CT molecular complexity index is 568. The molecule has 6 heteroatoms. The van der Waals surface area contributed by atoms with E-state index in [1.54, 1.807) is 19.9 Å². The molecule has 2 aliphatic heterocycles. The van der Waals surface area contributed by atoms with Gasteiger partial charge >= 0.3 is 6.61 Å². The van der Waals surface area contributed by atoms with Crippen LogP contribution in [0, 0.1) is 0 Å². The van der Waals surface area contributed by atoms with Crippen molar-refractivity contribution in [2.24, 2.45) is 0 Å². The van der Waals surface area contributed by atoms with E-state index in [4.69, 9.17) is 4.74 Å². The number of alkyl halides is 2. The van der Waals surface area contributed by atoms with Crippen LogP contribution < -0.4 is 10.1 Å². The average Bonchev–Trinajstić information content (AvgIpc) is 2.31. The van der Waals surface area contributed by atoms with Crippen LogP contribution >= 0.6 is 0 Å². The van der Waals surface area contributed by atoms with E-state index in [0.29, 0.717) is 18.8 Å². The smallest absolute Gasteiger partial charge is 0.387 e. The number of halogens is 2. The highest BCUT2D eigenvalue weighted by Gasteiger charge is 2.51. The number of nitrogens with one attached hydrogen (secondary N) is 1. The van der Waals surface area contributed by atoms with Gasteiger partial charge in [0.05, 0.1) is 18.6 Å². The Balaban J connectivity index is 2.10. The summed E-state index contributed by atoms with van der Waals surface area (Å²) in [6.45, 7) is 1.45. The average molecular weight is 283 g/mol. The molecule has 0 saturated carbocycles. The summed E-state index contributed by atoms with van der Waals surface area (Å²) in [6.07, 6.45) is 0. The van der Waals surface area contributed by atoms with Crippen LogP contribution in [0.25, 0.3) is 0 Å². The van der Waals surface area contributed by atoms with Crippen LogP contribution in [-0.4, -0.2) is 25.7 Å². The zero-order valence-corrected chi connectivity index (χ0v) is 11.2.